The lowest BCUT2D eigenvalue weighted by atomic mass is 10.1. The van der Waals surface area contributed by atoms with Gasteiger partial charge in [-0.2, -0.15) is 0 Å². The number of ether oxygens (including phenoxy) is 2. The van der Waals surface area contributed by atoms with Crippen LogP contribution in [0, 0.1) is 5.82 Å². The van der Waals surface area contributed by atoms with Gasteiger partial charge in [-0.25, -0.2) is 19.0 Å². The van der Waals surface area contributed by atoms with E-state index in [9.17, 15) is 14.0 Å². The number of pyridine rings is 1. The Morgan fingerprint density at radius 1 is 1.21 bits per heavy atom. The number of esters is 1. The van der Waals surface area contributed by atoms with Gasteiger partial charge in [0, 0.05) is 17.8 Å². The van der Waals surface area contributed by atoms with Crippen LogP contribution in [0.5, 0.6) is 0 Å². The van der Waals surface area contributed by atoms with E-state index in [0.717, 1.165) is 0 Å². The molecular weight excluding hydrogens is 445 g/mol. The fourth-order valence-corrected chi connectivity index (χ4v) is 3.09. The minimum absolute atomic E-state index is 0.179. The summed E-state index contributed by atoms with van der Waals surface area (Å²) < 4.78 is 25.5. The van der Waals surface area contributed by atoms with Gasteiger partial charge in [-0.1, -0.05) is 0 Å². The first-order valence-corrected chi connectivity index (χ1v) is 9.44. The van der Waals surface area contributed by atoms with Crippen molar-refractivity contribution < 1.29 is 23.5 Å². The van der Waals surface area contributed by atoms with E-state index in [1.807, 2.05) is 0 Å². The predicted molar refractivity (Wildman–Crippen MR) is 109 cm³/mol. The van der Waals surface area contributed by atoms with Gasteiger partial charge < -0.3 is 9.47 Å². The third-order valence-electron chi connectivity index (χ3n) is 3.84. The first kappa shape index (κ1) is 20.8. The van der Waals surface area contributed by atoms with Crippen LogP contribution in [0.1, 0.15) is 31.3 Å². The number of hydrogen-bond acceptors (Lipinski definition) is 5. The molecule has 2 aromatic heterocycles. The number of anilines is 1. The maximum Gasteiger partial charge on any atom is 0.412 e. The number of fused-ring (bicyclic) bond motifs is 1. The number of carbonyl (C=O) groups is 2. The molecule has 0 spiro atoms. The number of rotatable bonds is 3. The number of hydrogen-bond donors (Lipinski definition) is 1. The average molecular weight is 464 g/mol. The maximum absolute atomic E-state index is 13.3. The Balaban J connectivity index is 2.10. The van der Waals surface area contributed by atoms with Crippen LogP contribution in [0.2, 0.25) is 0 Å². The first-order chi connectivity index (χ1) is 13.6. The maximum atomic E-state index is 13.3. The van der Waals surface area contributed by atoms with Crippen LogP contribution < -0.4 is 5.32 Å². The van der Waals surface area contributed by atoms with Gasteiger partial charge in [-0.3, -0.25) is 9.72 Å². The van der Waals surface area contributed by atoms with Crippen LogP contribution in [0.4, 0.5) is 14.9 Å². The van der Waals surface area contributed by atoms with Gasteiger partial charge >= 0.3 is 12.1 Å². The molecule has 1 N–H and O–H groups in total. The Labute approximate surface area is 175 Å². The van der Waals surface area contributed by atoms with Crippen LogP contribution in [-0.4, -0.2) is 34.2 Å². The van der Waals surface area contributed by atoms with Gasteiger partial charge in [0.25, 0.3) is 0 Å². The van der Waals surface area contributed by atoms with Crippen molar-refractivity contribution in [3.8, 4) is 11.3 Å². The summed E-state index contributed by atoms with van der Waals surface area (Å²) in [6.45, 7) is 5.28. The second-order valence-corrected chi connectivity index (χ2v) is 8.05. The highest BCUT2D eigenvalue weighted by Gasteiger charge is 2.23. The molecule has 152 valence electrons. The standard InChI is InChI=1S/C20H19BrFN3O4/c1-20(2,3)29-19(27)23-14-9-15-24-16(11-5-7-12(22)8-6-11)17(18(26)28-4)25(15)10-13(14)21/h5-10H,1-4H3,(H,23,27). The first-order valence-electron chi connectivity index (χ1n) is 8.65. The smallest absolute Gasteiger partial charge is 0.412 e. The number of nitrogens with one attached hydrogen (secondary N) is 1. The zero-order valence-corrected chi connectivity index (χ0v) is 17.8. The number of methoxy groups -OCH3 is 1. The van der Waals surface area contributed by atoms with Gasteiger partial charge in [0.1, 0.15) is 22.8 Å². The SMILES string of the molecule is COC(=O)c1c(-c2ccc(F)cc2)nc2cc(NC(=O)OC(C)(C)C)c(Br)cn12. The van der Waals surface area contributed by atoms with E-state index >= 15 is 0 Å². The van der Waals surface area contributed by atoms with Crippen molar-refractivity contribution >= 4 is 39.3 Å². The molecular formula is C20H19BrFN3O4. The van der Waals surface area contributed by atoms with E-state index in [1.165, 1.54) is 35.8 Å². The van der Waals surface area contributed by atoms with Crippen LogP contribution in [-0.2, 0) is 9.47 Å². The minimum Gasteiger partial charge on any atom is -0.464 e. The molecule has 0 aliphatic rings. The van der Waals surface area contributed by atoms with Gasteiger partial charge in [0.15, 0.2) is 5.69 Å². The van der Waals surface area contributed by atoms with Crippen LogP contribution in [0.15, 0.2) is 41.0 Å². The highest BCUT2D eigenvalue weighted by atomic mass is 79.9. The van der Waals surface area contributed by atoms with Crippen LogP contribution in [0.25, 0.3) is 16.9 Å². The van der Waals surface area contributed by atoms with E-state index in [0.29, 0.717) is 27.1 Å². The molecule has 0 atom stereocenters. The molecule has 0 bridgehead atoms. The van der Waals surface area contributed by atoms with Crippen molar-refractivity contribution in [2.75, 3.05) is 12.4 Å². The third-order valence-corrected chi connectivity index (χ3v) is 4.48. The fraction of sp³-hybridized carbons (Fsp3) is 0.250. The number of nitrogens with zero attached hydrogens (tertiary/aromatic N) is 2. The number of carbonyl (C=O) groups excluding carboxylic acids is 2. The molecule has 1 aromatic carbocycles. The normalized spacial score (nSPS) is 11.4. The molecule has 29 heavy (non-hydrogen) atoms. The van der Waals surface area contributed by atoms with Gasteiger partial charge in [-0.05, 0) is 61.0 Å². The number of aromatic nitrogens is 2. The minimum atomic E-state index is -0.651. The van der Waals surface area contributed by atoms with Gasteiger partial charge in [-0.15, -0.1) is 0 Å². The summed E-state index contributed by atoms with van der Waals surface area (Å²) in [7, 11) is 1.27. The summed E-state index contributed by atoms with van der Waals surface area (Å²) in [4.78, 5) is 29.0. The van der Waals surface area contributed by atoms with Crippen LogP contribution in [0.3, 0.4) is 0 Å². The summed E-state index contributed by atoms with van der Waals surface area (Å²) in [5.41, 5.74) is 1.21. The third kappa shape index (κ3) is 4.56. The fourth-order valence-electron chi connectivity index (χ4n) is 2.67. The molecule has 0 unspecified atom stereocenters. The van der Waals surface area contributed by atoms with Gasteiger partial charge in [0.2, 0.25) is 0 Å². The molecule has 3 aromatic rings. The molecule has 9 heteroatoms. The lowest BCUT2D eigenvalue weighted by molar-refractivity contribution is 0.0591. The largest absolute Gasteiger partial charge is 0.464 e. The van der Waals surface area contributed by atoms with Gasteiger partial charge in [0.05, 0.1) is 17.3 Å². The van der Waals surface area contributed by atoms with E-state index < -0.39 is 23.5 Å². The average Bonchev–Trinajstić information content (AvgIpc) is 2.98. The van der Waals surface area contributed by atoms with Crippen molar-refractivity contribution in [2.45, 2.75) is 26.4 Å². The van der Waals surface area contributed by atoms with Crippen molar-refractivity contribution in [3.05, 3.63) is 52.5 Å². The Hall–Kier alpha value is -2.94. The van der Waals surface area contributed by atoms with Crippen molar-refractivity contribution in [1.82, 2.24) is 9.38 Å². The summed E-state index contributed by atoms with van der Waals surface area (Å²) in [5, 5.41) is 2.65. The highest BCUT2D eigenvalue weighted by molar-refractivity contribution is 9.10. The molecule has 0 saturated heterocycles. The second-order valence-electron chi connectivity index (χ2n) is 7.20. The number of amides is 1. The lowest BCUT2D eigenvalue weighted by Crippen LogP contribution is -2.27. The zero-order chi connectivity index (χ0) is 21.3. The monoisotopic (exact) mass is 463 g/mol. The zero-order valence-electron chi connectivity index (χ0n) is 16.2. The van der Waals surface area contributed by atoms with E-state index in [1.54, 1.807) is 33.0 Å². The Bertz CT molecular complexity index is 1090. The molecule has 0 fully saturated rings. The summed E-state index contributed by atoms with van der Waals surface area (Å²) in [6, 6.07) is 7.21. The Morgan fingerprint density at radius 3 is 2.45 bits per heavy atom. The molecule has 2 heterocycles. The summed E-state index contributed by atoms with van der Waals surface area (Å²) >= 11 is 3.39. The molecule has 1 amide bonds. The molecule has 0 saturated carbocycles. The molecule has 0 aliphatic carbocycles. The number of benzene rings is 1. The van der Waals surface area contributed by atoms with Crippen LogP contribution >= 0.6 is 15.9 Å². The molecule has 0 radical (unpaired) electrons. The van der Waals surface area contributed by atoms with E-state index in [4.69, 9.17) is 9.47 Å². The molecule has 3 rings (SSSR count). The highest BCUT2D eigenvalue weighted by Crippen LogP contribution is 2.30. The number of imidazole rings is 1. The van der Waals surface area contributed by atoms with E-state index in [-0.39, 0.29) is 5.69 Å². The lowest BCUT2D eigenvalue weighted by Gasteiger charge is -2.20. The summed E-state index contributed by atoms with van der Waals surface area (Å²) in [5.74, 6) is -1.000. The van der Waals surface area contributed by atoms with E-state index in [2.05, 4.69) is 26.2 Å². The Kier molecular flexibility index (Phi) is 5.61. The summed E-state index contributed by atoms with van der Waals surface area (Å²) in [6.07, 6.45) is 0.968. The molecule has 0 aliphatic heterocycles. The number of halogens is 2. The Morgan fingerprint density at radius 2 is 1.86 bits per heavy atom. The molecule has 7 nitrogen and oxygen atoms in total. The van der Waals surface area contributed by atoms with Crippen molar-refractivity contribution in [3.63, 3.8) is 0 Å². The second kappa shape index (κ2) is 7.82. The predicted octanol–water partition coefficient (Wildman–Crippen LogP) is 5.04. The topological polar surface area (TPSA) is 81.9 Å². The quantitative estimate of drug-likeness (QED) is 0.550. The van der Waals surface area contributed by atoms with Crippen molar-refractivity contribution in [1.29, 1.82) is 0 Å². The van der Waals surface area contributed by atoms with Crippen molar-refractivity contribution in [2.24, 2.45) is 0 Å².